The normalized spacial score (nSPS) is 11.6. The van der Waals surface area contributed by atoms with Crippen LogP contribution in [0.5, 0.6) is 0 Å². The molecule has 0 saturated carbocycles. The molecule has 0 aliphatic rings. The van der Waals surface area contributed by atoms with Crippen LogP contribution in [0.4, 0.5) is 10.1 Å². The molecular formula is C24H23FN2O2. The Morgan fingerprint density at radius 1 is 0.931 bits per heavy atom. The Morgan fingerprint density at radius 2 is 1.59 bits per heavy atom. The summed E-state index contributed by atoms with van der Waals surface area (Å²) >= 11 is 0. The number of nitrogens with zero attached hydrogens (tertiary/aromatic N) is 1. The minimum Gasteiger partial charge on any atom is -0.335 e. The quantitative estimate of drug-likeness (QED) is 0.649. The second-order valence-corrected chi connectivity index (χ2v) is 6.99. The van der Waals surface area contributed by atoms with Gasteiger partial charge in [0.1, 0.15) is 5.82 Å². The lowest BCUT2D eigenvalue weighted by molar-refractivity contribution is 0.0742. The zero-order chi connectivity index (χ0) is 21.0. The summed E-state index contributed by atoms with van der Waals surface area (Å²) < 4.78 is 13.2. The predicted octanol–water partition coefficient (Wildman–Crippen LogP) is 5.22. The lowest BCUT2D eigenvalue weighted by Crippen LogP contribution is -2.29. The summed E-state index contributed by atoms with van der Waals surface area (Å²) in [4.78, 5) is 27.0. The van der Waals surface area contributed by atoms with E-state index in [0.29, 0.717) is 16.8 Å². The number of carbonyl (C=O) groups excluding carboxylic acids is 2. The Bertz CT molecular complexity index is 1020. The standard InChI is InChI=1S/C24H23FN2O2/c1-16-9-10-20(15-22(16)26-23(28)19-7-5-4-6-8-19)24(29)27(3)17(2)18-11-13-21(25)14-12-18/h4-15,17H,1-3H3,(H,26,28). The molecule has 0 radical (unpaired) electrons. The van der Waals surface area contributed by atoms with E-state index in [9.17, 15) is 14.0 Å². The predicted molar refractivity (Wildman–Crippen MR) is 112 cm³/mol. The van der Waals surface area contributed by atoms with E-state index in [4.69, 9.17) is 0 Å². The van der Waals surface area contributed by atoms with Gasteiger partial charge >= 0.3 is 0 Å². The summed E-state index contributed by atoms with van der Waals surface area (Å²) in [7, 11) is 1.71. The number of carbonyl (C=O) groups is 2. The summed E-state index contributed by atoms with van der Waals surface area (Å²) in [5, 5.41) is 2.88. The number of rotatable bonds is 5. The van der Waals surface area contributed by atoms with Crippen molar-refractivity contribution in [3.63, 3.8) is 0 Å². The molecule has 1 unspecified atom stereocenters. The van der Waals surface area contributed by atoms with E-state index in [2.05, 4.69) is 5.32 Å². The van der Waals surface area contributed by atoms with Crippen molar-refractivity contribution in [2.24, 2.45) is 0 Å². The number of nitrogens with one attached hydrogen (secondary N) is 1. The van der Waals surface area contributed by atoms with E-state index in [1.165, 1.54) is 12.1 Å². The molecular weight excluding hydrogens is 367 g/mol. The molecule has 1 atom stereocenters. The molecule has 3 aromatic rings. The molecule has 0 aromatic heterocycles. The van der Waals surface area contributed by atoms with Gasteiger partial charge in [0.2, 0.25) is 0 Å². The van der Waals surface area contributed by atoms with Gasteiger partial charge in [-0.15, -0.1) is 0 Å². The van der Waals surface area contributed by atoms with Crippen molar-refractivity contribution in [2.45, 2.75) is 19.9 Å². The van der Waals surface area contributed by atoms with Crippen LogP contribution >= 0.6 is 0 Å². The van der Waals surface area contributed by atoms with E-state index in [0.717, 1.165) is 11.1 Å². The van der Waals surface area contributed by atoms with Gasteiger partial charge in [-0.3, -0.25) is 9.59 Å². The highest BCUT2D eigenvalue weighted by molar-refractivity contribution is 6.05. The molecule has 1 N–H and O–H groups in total. The molecule has 0 heterocycles. The van der Waals surface area contributed by atoms with Crippen molar-refractivity contribution >= 4 is 17.5 Å². The van der Waals surface area contributed by atoms with E-state index in [1.54, 1.807) is 60.5 Å². The van der Waals surface area contributed by atoms with Crippen molar-refractivity contribution < 1.29 is 14.0 Å². The van der Waals surface area contributed by atoms with Crippen LogP contribution in [-0.4, -0.2) is 23.8 Å². The van der Waals surface area contributed by atoms with Gasteiger partial charge in [-0.05, 0) is 61.4 Å². The number of hydrogen-bond acceptors (Lipinski definition) is 2. The van der Waals surface area contributed by atoms with E-state index in [1.807, 2.05) is 26.0 Å². The van der Waals surface area contributed by atoms with Gasteiger partial charge in [0, 0.05) is 23.9 Å². The second kappa shape index (κ2) is 8.69. The topological polar surface area (TPSA) is 49.4 Å². The van der Waals surface area contributed by atoms with Gasteiger partial charge in [0.25, 0.3) is 11.8 Å². The molecule has 0 fully saturated rings. The number of hydrogen-bond donors (Lipinski definition) is 1. The minimum absolute atomic E-state index is 0.183. The largest absolute Gasteiger partial charge is 0.335 e. The number of halogens is 1. The molecule has 0 spiro atoms. The highest BCUT2D eigenvalue weighted by Gasteiger charge is 2.20. The molecule has 2 amide bonds. The molecule has 0 saturated heterocycles. The Hall–Kier alpha value is -3.47. The molecule has 0 bridgehead atoms. The summed E-state index contributed by atoms with van der Waals surface area (Å²) in [6, 6.07) is 20.0. The maximum atomic E-state index is 13.2. The summed E-state index contributed by atoms with van der Waals surface area (Å²) in [6.45, 7) is 3.76. The van der Waals surface area contributed by atoms with Crippen LogP contribution in [0.1, 0.15) is 44.8 Å². The van der Waals surface area contributed by atoms with Crippen LogP contribution in [0.3, 0.4) is 0 Å². The molecule has 29 heavy (non-hydrogen) atoms. The Labute approximate surface area is 170 Å². The van der Waals surface area contributed by atoms with Crippen LogP contribution in [-0.2, 0) is 0 Å². The van der Waals surface area contributed by atoms with E-state index < -0.39 is 0 Å². The van der Waals surface area contributed by atoms with Gasteiger partial charge < -0.3 is 10.2 Å². The number of anilines is 1. The fourth-order valence-corrected chi connectivity index (χ4v) is 3.02. The van der Waals surface area contributed by atoms with Gasteiger partial charge in [-0.25, -0.2) is 4.39 Å². The highest BCUT2D eigenvalue weighted by atomic mass is 19.1. The molecule has 0 aliphatic carbocycles. The second-order valence-electron chi connectivity index (χ2n) is 6.99. The summed E-state index contributed by atoms with van der Waals surface area (Å²) in [5.41, 5.74) is 3.31. The van der Waals surface area contributed by atoms with Gasteiger partial charge in [0.05, 0.1) is 6.04 Å². The highest BCUT2D eigenvalue weighted by Crippen LogP contribution is 2.24. The van der Waals surface area contributed by atoms with Crippen molar-refractivity contribution in [3.05, 3.63) is 101 Å². The van der Waals surface area contributed by atoms with Gasteiger partial charge in [-0.2, -0.15) is 0 Å². The Morgan fingerprint density at radius 3 is 2.24 bits per heavy atom. The zero-order valence-corrected chi connectivity index (χ0v) is 16.6. The SMILES string of the molecule is Cc1ccc(C(=O)N(C)C(C)c2ccc(F)cc2)cc1NC(=O)c1ccccc1. The Balaban J connectivity index is 1.79. The average molecular weight is 390 g/mol. The van der Waals surface area contributed by atoms with Crippen LogP contribution in [0, 0.1) is 12.7 Å². The van der Waals surface area contributed by atoms with Crippen LogP contribution in [0.2, 0.25) is 0 Å². The fraction of sp³-hybridized carbons (Fsp3) is 0.167. The molecule has 148 valence electrons. The first kappa shape index (κ1) is 20.3. The Kier molecular flexibility index (Phi) is 6.07. The van der Waals surface area contributed by atoms with Crippen LogP contribution < -0.4 is 5.32 Å². The van der Waals surface area contributed by atoms with Gasteiger partial charge in [0.15, 0.2) is 0 Å². The fourth-order valence-electron chi connectivity index (χ4n) is 3.02. The molecule has 3 aromatic carbocycles. The third kappa shape index (κ3) is 4.69. The first-order valence-corrected chi connectivity index (χ1v) is 9.36. The molecule has 3 rings (SSSR count). The lowest BCUT2D eigenvalue weighted by Gasteiger charge is -2.26. The number of aryl methyl sites for hydroxylation is 1. The first-order chi connectivity index (χ1) is 13.9. The van der Waals surface area contributed by atoms with Crippen molar-refractivity contribution in [1.29, 1.82) is 0 Å². The van der Waals surface area contributed by atoms with Gasteiger partial charge in [-0.1, -0.05) is 36.4 Å². The summed E-state index contributed by atoms with van der Waals surface area (Å²) in [5.74, 6) is -0.726. The third-order valence-corrected chi connectivity index (χ3v) is 5.02. The van der Waals surface area contributed by atoms with E-state index >= 15 is 0 Å². The summed E-state index contributed by atoms with van der Waals surface area (Å²) in [6.07, 6.45) is 0. The minimum atomic E-state index is -0.313. The maximum absolute atomic E-state index is 13.2. The van der Waals surface area contributed by atoms with Crippen molar-refractivity contribution in [1.82, 2.24) is 4.90 Å². The number of amides is 2. The zero-order valence-electron chi connectivity index (χ0n) is 16.6. The monoisotopic (exact) mass is 390 g/mol. The van der Waals surface area contributed by atoms with Crippen LogP contribution in [0.15, 0.2) is 72.8 Å². The third-order valence-electron chi connectivity index (χ3n) is 5.02. The number of benzene rings is 3. The maximum Gasteiger partial charge on any atom is 0.255 e. The van der Waals surface area contributed by atoms with Crippen molar-refractivity contribution in [3.8, 4) is 0 Å². The molecule has 0 aliphatic heterocycles. The lowest BCUT2D eigenvalue weighted by atomic mass is 10.0. The van der Waals surface area contributed by atoms with Crippen LogP contribution in [0.25, 0.3) is 0 Å². The smallest absolute Gasteiger partial charge is 0.255 e. The van der Waals surface area contributed by atoms with E-state index in [-0.39, 0.29) is 23.7 Å². The first-order valence-electron chi connectivity index (χ1n) is 9.36. The molecule has 5 heteroatoms. The van der Waals surface area contributed by atoms with Crippen molar-refractivity contribution in [2.75, 3.05) is 12.4 Å². The average Bonchev–Trinajstić information content (AvgIpc) is 2.75. The molecule has 4 nitrogen and oxygen atoms in total.